The summed E-state index contributed by atoms with van der Waals surface area (Å²) in [5, 5.41) is 9.41. The molecule has 1 aromatic rings. The number of aliphatic carboxylic acids is 1. The van der Waals surface area contributed by atoms with Crippen molar-refractivity contribution in [2.45, 2.75) is 50.2 Å². The van der Waals surface area contributed by atoms with Gasteiger partial charge in [0.1, 0.15) is 5.60 Å². The molecule has 3 aliphatic rings. The van der Waals surface area contributed by atoms with Gasteiger partial charge in [0.2, 0.25) is 0 Å². The topological polar surface area (TPSA) is 86.3 Å². The van der Waals surface area contributed by atoms with E-state index in [-0.39, 0.29) is 12.5 Å². The molecule has 0 aromatic heterocycles. The Labute approximate surface area is 158 Å². The highest BCUT2D eigenvalue weighted by Gasteiger charge is 2.47. The molecule has 1 saturated carbocycles. The van der Waals surface area contributed by atoms with Gasteiger partial charge in [0.05, 0.1) is 31.9 Å². The molecule has 2 N–H and O–H groups in total. The second-order valence-corrected chi connectivity index (χ2v) is 7.32. The van der Waals surface area contributed by atoms with Crippen molar-refractivity contribution in [2.24, 2.45) is 0 Å². The lowest BCUT2D eigenvalue weighted by molar-refractivity contribution is -0.137. The van der Waals surface area contributed by atoms with Gasteiger partial charge in [-0.25, -0.2) is 0 Å². The lowest BCUT2D eigenvalue weighted by Gasteiger charge is -2.21. The minimum absolute atomic E-state index is 0.101. The molecule has 1 aromatic carbocycles. The molecular weight excluding hydrogens is 350 g/mol. The van der Waals surface area contributed by atoms with Crippen LogP contribution in [-0.2, 0) is 14.4 Å². The van der Waals surface area contributed by atoms with E-state index in [0.717, 1.165) is 18.4 Å². The number of carboxylic acid groups (broad SMARTS) is 1. The van der Waals surface area contributed by atoms with Crippen LogP contribution < -0.4 is 15.0 Å². The standard InChI is InChI=1S/C20H25NO6/c1-24-16-7-6-13(10-17(16)26-14-4-2-3-5-14)19-15(11-18(22)23)20(27-21-19)8-9-25-12-20/h6-7,10,14,21H,2-5,8-9,11-12H2,1H3,(H,22,23). The maximum atomic E-state index is 11.5. The van der Waals surface area contributed by atoms with Crippen molar-refractivity contribution in [3.05, 3.63) is 29.3 Å². The summed E-state index contributed by atoms with van der Waals surface area (Å²) in [6.07, 6.45) is 5.18. The highest BCUT2D eigenvalue weighted by atomic mass is 16.7. The summed E-state index contributed by atoms with van der Waals surface area (Å²) in [7, 11) is 1.62. The first-order chi connectivity index (χ1) is 13.1. The van der Waals surface area contributed by atoms with Crippen LogP contribution in [-0.4, -0.2) is 43.1 Å². The molecule has 27 heavy (non-hydrogen) atoms. The number of carboxylic acids is 1. The molecule has 0 amide bonds. The Morgan fingerprint density at radius 2 is 2.15 bits per heavy atom. The van der Waals surface area contributed by atoms with Crippen LogP contribution in [0.25, 0.3) is 5.70 Å². The van der Waals surface area contributed by atoms with Crippen molar-refractivity contribution in [2.75, 3.05) is 20.3 Å². The third-order valence-corrected chi connectivity index (χ3v) is 5.56. The Balaban J connectivity index is 1.70. The van der Waals surface area contributed by atoms with Crippen LogP contribution in [0.15, 0.2) is 23.8 Å². The van der Waals surface area contributed by atoms with Gasteiger partial charge in [-0.05, 0) is 43.9 Å². The van der Waals surface area contributed by atoms with Crippen molar-refractivity contribution < 1.29 is 28.9 Å². The Morgan fingerprint density at radius 3 is 2.81 bits per heavy atom. The number of rotatable bonds is 6. The molecule has 2 fully saturated rings. The molecule has 146 valence electrons. The second-order valence-electron chi connectivity index (χ2n) is 7.32. The summed E-state index contributed by atoms with van der Waals surface area (Å²) in [6, 6.07) is 5.64. The molecule has 0 radical (unpaired) electrons. The molecule has 2 heterocycles. The van der Waals surface area contributed by atoms with Gasteiger partial charge < -0.3 is 19.3 Å². The number of methoxy groups -OCH3 is 1. The average molecular weight is 375 g/mol. The Kier molecular flexibility index (Phi) is 4.97. The third-order valence-electron chi connectivity index (χ3n) is 5.56. The predicted octanol–water partition coefficient (Wildman–Crippen LogP) is 2.90. The molecule has 1 atom stereocenters. The number of benzene rings is 1. The normalized spacial score (nSPS) is 25.2. The van der Waals surface area contributed by atoms with E-state index in [4.69, 9.17) is 19.0 Å². The minimum atomic E-state index is -0.892. The molecule has 7 heteroatoms. The Hall–Kier alpha value is -2.25. The van der Waals surface area contributed by atoms with Crippen molar-refractivity contribution in [3.63, 3.8) is 0 Å². The van der Waals surface area contributed by atoms with Crippen LogP contribution in [0.4, 0.5) is 0 Å². The van der Waals surface area contributed by atoms with Crippen LogP contribution >= 0.6 is 0 Å². The van der Waals surface area contributed by atoms with E-state index in [1.165, 1.54) is 12.8 Å². The van der Waals surface area contributed by atoms with Crippen LogP contribution in [0.2, 0.25) is 0 Å². The van der Waals surface area contributed by atoms with Crippen LogP contribution in [0.5, 0.6) is 11.5 Å². The lowest BCUT2D eigenvalue weighted by Crippen LogP contribution is -2.34. The van der Waals surface area contributed by atoms with E-state index in [9.17, 15) is 9.90 Å². The second kappa shape index (κ2) is 7.40. The molecule has 1 unspecified atom stereocenters. The zero-order chi connectivity index (χ0) is 18.9. The van der Waals surface area contributed by atoms with Gasteiger partial charge in [-0.15, -0.1) is 0 Å². The van der Waals surface area contributed by atoms with Gasteiger partial charge in [0.15, 0.2) is 11.5 Å². The van der Waals surface area contributed by atoms with Crippen molar-refractivity contribution in [1.29, 1.82) is 0 Å². The molecule has 1 saturated heterocycles. The van der Waals surface area contributed by atoms with E-state index < -0.39 is 11.6 Å². The van der Waals surface area contributed by atoms with Gasteiger partial charge in [-0.2, -0.15) is 0 Å². The van der Waals surface area contributed by atoms with Crippen LogP contribution in [0, 0.1) is 0 Å². The zero-order valence-corrected chi connectivity index (χ0v) is 15.5. The van der Waals surface area contributed by atoms with Crippen molar-refractivity contribution >= 4 is 11.7 Å². The third kappa shape index (κ3) is 3.49. The van der Waals surface area contributed by atoms with Gasteiger partial charge in [-0.3, -0.25) is 15.1 Å². The highest BCUT2D eigenvalue weighted by molar-refractivity contribution is 5.79. The number of hydrogen-bond donors (Lipinski definition) is 2. The van der Waals surface area contributed by atoms with Gasteiger partial charge >= 0.3 is 5.97 Å². The molecule has 2 aliphatic heterocycles. The first-order valence-electron chi connectivity index (χ1n) is 9.43. The molecule has 1 aliphatic carbocycles. The minimum Gasteiger partial charge on any atom is -0.493 e. The number of nitrogens with one attached hydrogen (secondary N) is 1. The molecule has 4 rings (SSSR count). The Bertz CT molecular complexity index is 747. The Morgan fingerprint density at radius 1 is 1.33 bits per heavy atom. The van der Waals surface area contributed by atoms with E-state index in [1.807, 2.05) is 18.2 Å². The van der Waals surface area contributed by atoms with E-state index >= 15 is 0 Å². The number of hydroxylamine groups is 1. The average Bonchev–Trinajstić information content (AvgIpc) is 3.39. The maximum Gasteiger partial charge on any atom is 0.307 e. The summed E-state index contributed by atoms with van der Waals surface area (Å²) in [5.74, 6) is 0.454. The number of carbonyl (C=O) groups is 1. The monoisotopic (exact) mass is 375 g/mol. The van der Waals surface area contributed by atoms with Gasteiger partial charge in [0.25, 0.3) is 0 Å². The fourth-order valence-corrected chi connectivity index (χ4v) is 4.11. The summed E-state index contributed by atoms with van der Waals surface area (Å²) >= 11 is 0. The number of ether oxygens (including phenoxy) is 3. The fourth-order valence-electron chi connectivity index (χ4n) is 4.11. The largest absolute Gasteiger partial charge is 0.493 e. The maximum absolute atomic E-state index is 11.5. The highest BCUT2D eigenvalue weighted by Crippen LogP contribution is 2.43. The van der Waals surface area contributed by atoms with Gasteiger partial charge in [-0.1, -0.05) is 0 Å². The van der Waals surface area contributed by atoms with Crippen LogP contribution in [0.1, 0.15) is 44.1 Å². The summed E-state index contributed by atoms with van der Waals surface area (Å²) in [6.45, 7) is 0.907. The smallest absolute Gasteiger partial charge is 0.307 e. The molecule has 1 spiro atoms. The first-order valence-corrected chi connectivity index (χ1v) is 9.43. The fraction of sp³-hybridized carbons (Fsp3) is 0.550. The van der Waals surface area contributed by atoms with E-state index in [2.05, 4.69) is 5.48 Å². The van der Waals surface area contributed by atoms with Crippen LogP contribution in [0.3, 0.4) is 0 Å². The number of hydrogen-bond acceptors (Lipinski definition) is 6. The summed E-state index contributed by atoms with van der Waals surface area (Å²) < 4.78 is 17.1. The molecule has 7 nitrogen and oxygen atoms in total. The summed E-state index contributed by atoms with van der Waals surface area (Å²) in [4.78, 5) is 17.3. The summed E-state index contributed by atoms with van der Waals surface area (Å²) in [5.41, 5.74) is 4.47. The van der Waals surface area contributed by atoms with E-state index in [0.29, 0.717) is 42.4 Å². The quantitative estimate of drug-likeness (QED) is 0.791. The van der Waals surface area contributed by atoms with Crippen molar-refractivity contribution in [3.8, 4) is 11.5 Å². The van der Waals surface area contributed by atoms with E-state index in [1.54, 1.807) is 7.11 Å². The SMILES string of the molecule is COc1ccc(C2=C(CC(=O)O)C3(CCOC3)ON2)cc1OC1CCCC1. The first kappa shape index (κ1) is 18.1. The molecular formula is C20H25NO6. The zero-order valence-electron chi connectivity index (χ0n) is 15.5. The van der Waals surface area contributed by atoms with Gasteiger partial charge in [0, 0.05) is 24.2 Å². The lowest BCUT2D eigenvalue weighted by atomic mass is 9.88. The van der Waals surface area contributed by atoms with Crippen molar-refractivity contribution in [1.82, 2.24) is 5.48 Å². The predicted molar refractivity (Wildman–Crippen MR) is 97.4 cm³/mol. The molecule has 0 bridgehead atoms.